The lowest BCUT2D eigenvalue weighted by molar-refractivity contribution is 0.0981. The van der Waals surface area contributed by atoms with Crippen LogP contribution < -0.4 is 4.90 Å². The molecule has 2 aromatic carbocycles. The first-order chi connectivity index (χ1) is 14.5. The summed E-state index contributed by atoms with van der Waals surface area (Å²) in [7, 11) is 0. The molecule has 0 spiro atoms. The van der Waals surface area contributed by atoms with Crippen LogP contribution in [0.1, 0.15) is 42.3 Å². The van der Waals surface area contributed by atoms with E-state index >= 15 is 0 Å². The Morgan fingerprint density at radius 1 is 1.03 bits per heavy atom. The average Bonchev–Trinajstić information content (AvgIpc) is 3.14. The SMILES string of the molecule is CCSc1ccccc1C(=O)N(CCN(CC)CC)c1nc2cc(C)c(C)cc2s1.Cl. The largest absolute Gasteiger partial charge is 0.302 e. The van der Waals surface area contributed by atoms with E-state index in [0.717, 1.165) is 51.2 Å². The highest BCUT2D eigenvalue weighted by Gasteiger charge is 2.24. The first-order valence-electron chi connectivity index (χ1n) is 10.6. The number of fused-ring (bicyclic) bond motifs is 1. The maximum absolute atomic E-state index is 13.7. The second-order valence-electron chi connectivity index (χ2n) is 7.31. The van der Waals surface area contributed by atoms with E-state index in [1.54, 1.807) is 23.1 Å². The minimum absolute atomic E-state index is 0. The van der Waals surface area contributed by atoms with Gasteiger partial charge in [0, 0.05) is 18.0 Å². The summed E-state index contributed by atoms with van der Waals surface area (Å²) in [6.45, 7) is 14.1. The molecule has 0 radical (unpaired) electrons. The maximum Gasteiger partial charge on any atom is 0.261 e. The molecule has 31 heavy (non-hydrogen) atoms. The van der Waals surface area contributed by atoms with Gasteiger partial charge in [-0.3, -0.25) is 9.69 Å². The first-order valence-corrected chi connectivity index (χ1v) is 12.4. The van der Waals surface area contributed by atoms with E-state index in [1.807, 2.05) is 29.2 Å². The van der Waals surface area contributed by atoms with Crippen molar-refractivity contribution in [1.29, 1.82) is 0 Å². The highest BCUT2D eigenvalue weighted by atomic mass is 35.5. The van der Waals surface area contributed by atoms with Gasteiger partial charge < -0.3 is 4.90 Å². The number of amides is 1. The van der Waals surface area contributed by atoms with Gasteiger partial charge in [-0.1, -0.05) is 44.2 Å². The Hall–Kier alpha value is -1.60. The summed E-state index contributed by atoms with van der Waals surface area (Å²) in [5.74, 6) is 0.967. The summed E-state index contributed by atoms with van der Waals surface area (Å²) in [4.78, 5) is 23.8. The zero-order valence-corrected chi connectivity index (χ0v) is 21.4. The summed E-state index contributed by atoms with van der Waals surface area (Å²) in [6.07, 6.45) is 0. The van der Waals surface area contributed by atoms with Crippen LogP contribution in [0.25, 0.3) is 10.2 Å². The van der Waals surface area contributed by atoms with Crippen molar-refractivity contribution in [2.75, 3.05) is 36.8 Å². The number of halogens is 1. The molecule has 168 valence electrons. The van der Waals surface area contributed by atoms with E-state index in [0.29, 0.717) is 6.54 Å². The Kier molecular flexibility index (Phi) is 9.82. The third-order valence-electron chi connectivity index (χ3n) is 5.42. The number of hydrogen-bond acceptors (Lipinski definition) is 5. The molecule has 3 rings (SSSR count). The van der Waals surface area contributed by atoms with Crippen LogP contribution in [0, 0.1) is 13.8 Å². The van der Waals surface area contributed by atoms with E-state index in [-0.39, 0.29) is 18.3 Å². The second kappa shape index (κ2) is 11.9. The molecule has 0 saturated heterocycles. The second-order valence-corrected chi connectivity index (χ2v) is 9.63. The molecular formula is C24H32ClN3OS2. The van der Waals surface area contributed by atoms with E-state index in [2.05, 4.69) is 51.7 Å². The standard InChI is InChI=1S/C24H31N3OS2.ClH/c1-6-26(7-2)13-14-27(23(28)19-11-9-10-12-21(19)29-8-3)24-25-20-15-17(4)18(5)16-22(20)30-24;/h9-12,15-16H,6-8,13-14H2,1-5H3;1H. The average molecular weight is 478 g/mol. The molecule has 4 nitrogen and oxygen atoms in total. The number of aryl methyl sites for hydroxylation is 2. The molecule has 1 aromatic heterocycles. The molecule has 0 fully saturated rings. The number of benzene rings is 2. The summed E-state index contributed by atoms with van der Waals surface area (Å²) in [5, 5.41) is 0.781. The molecule has 0 unspecified atom stereocenters. The molecule has 1 amide bonds. The van der Waals surface area contributed by atoms with Crippen molar-refractivity contribution in [2.45, 2.75) is 39.5 Å². The van der Waals surface area contributed by atoms with Gasteiger partial charge in [-0.05, 0) is 68.1 Å². The summed E-state index contributed by atoms with van der Waals surface area (Å²) < 4.78 is 1.13. The normalized spacial score (nSPS) is 11.0. The van der Waals surface area contributed by atoms with Crippen molar-refractivity contribution in [3.63, 3.8) is 0 Å². The van der Waals surface area contributed by atoms with Gasteiger partial charge in [-0.25, -0.2) is 4.98 Å². The van der Waals surface area contributed by atoms with Crippen molar-refractivity contribution in [3.8, 4) is 0 Å². The highest BCUT2D eigenvalue weighted by Crippen LogP contribution is 2.33. The lowest BCUT2D eigenvalue weighted by Gasteiger charge is -2.25. The molecule has 0 N–H and O–H groups in total. The van der Waals surface area contributed by atoms with Crippen LogP contribution >= 0.6 is 35.5 Å². The Balaban J connectivity index is 0.00000341. The van der Waals surface area contributed by atoms with Crippen molar-refractivity contribution in [1.82, 2.24) is 9.88 Å². The van der Waals surface area contributed by atoms with Crippen molar-refractivity contribution in [3.05, 3.63) is 53.1 Å². The predicted molar refractivity (Wildman–Crippen MR) is 139 cm³/mol. The third-order valence-corrected chi connectivity index (χ3v) is 7.42. The fourth-order valence-electron chi connectivity index (χ4n) is 3.42. The summed E-state index contributed by atoms with van der Waals surface area (Å²) in [6, 6.07) is 12.2. The lowest BCUT2D eigenvalue weighted by atomic mass is 10.1. The number of carbonyl (C=O) groups is 1. The van der Waals surface area contributed by atoms with E-state index < -0.39 is 0 Å². The van der Waals surface area contributed by atoms with Crippen molar-refractivity contribution < 1.29 is 4.79 Å². The molecule has 7 heteroatoms. The van der Waals surface area contributed by atoms with Gasteiger partial charge >= 0.3 is 0 Å². The predicted octanol–water partition coefficient (Wildman–Crippen LogP) is 6.44. The van der Waals surface area contributed by atoms with E-state index in [4.69, 9.17) is 4.98 Å². The summed E-state index contributed by atoms with van der Waals surface area (Å²) in [5.41, 5.74) is 4.21. The molecule has 0 saturated carbocycles. The number of hydrogen-bond donors (Lipinski definition) is 0. The highest BCUT2D eigenvalue weighted by molar-refractivity contribution is 7.99. The van der Waals surface area contributed by atoms with Gasteiger partial charge in [0.1, 0.15) is 0 Å². The van der Waals surface area contributed by atoms with Crippen LogP contribution in [-0.2, 0) is 0 Å². The van der Waals surface area contributed by atoms with Crippen LogP contribution in [-0.4, -0.2) is 47.7 Å². The van der Waals surface area contributed by atoms with Gasteiger partial charge in [0.2, 0.25) is 0 Å². The van der Waals surface area contributed by atoms with Gasteiger partial charge in [-0.15, -0.1) is 24.2 Å². The van der Waals surface area contributed by atoms with Gasteiger partial charge in [0.05, 0.1) is 15.8 Å². The zero-order valence-electron chi connectivity index (χ0n) is 19.0. The van der Waals surface area contributed by atoms with Gasteiger partial charge in [0.15, 0.2) is 5.13 Å². The van der Waals surface area contributed by atoms with Crippen LogP contribution in [0.2, 0.25) is 0 Å². The van der Waals surface area contributed by atoms with Crippen LogP contribution in [0.5, 0.6) is 0 Å². The topological polar surface area (TPSA) is 36.4 Å². The molecule has 0 aliphatic rings. The Bertz CT molecular complexity index is 978. The molecule has 0 atom stereocenters. The van der Waals surface area contributed by atoms with Crippen molar-refractivity contribution >= 4 is 56.8 Å². The molecule has 3 aromatic rings. The number of likely N-dealkylation sites (N-methyl/N-ethyl adjacent to an activating group) is 1. The quantitative estimate of drug-likeness (QED) is 0.332. The molecular weight excluding hydrogens is 446 g/mol. The number of rotatable bonds is 9. The van der Waals surface area contributed by atoms with E-state index in [9.17, 15) is 4.79 Å². The fourth-order valence-corrected chi connectivity index (χ4v) is 5.29. The third kappa shape index (κ3) is 6.01. The Morgan fingerprint density at radius 3 is 2.39 bits per heavy atom. The van der Waals surface area contributed by atoms with Crippen molar-refractivity contribution in [2.24, 2.45) is 0 Å². The first kappa shape index (κ1) is 25.7. The number of anilines is 1. The molecule has 1 heterocycles. The summed E-state index contributed by atoms with van der Waals surface area (Å²) >= 11 is 3.32. The van der Waals surface area contributed by atoms with E-state index in [1.165, 1.54) is 11.1 Å². The molecule has 0 aliphatic heterocycles. The number of carbonyl (C=O) groups excluding carboxylic acids is 1. The van der Waals surface area contributed by atoms with Crippen LogP contribution in [0.15, 0.2) is 41.3 Å². The lowest BCUT2D eigenvalue weighted by Crippen LogP contribution is -2.39. The number of aromatic nitrogens is 1. The monoisotopic (exact) mass is 477 g/mol. The smallest absolute Gasteiger partial charge is 0.261 e. The minimum Gasteiger partial charge on any atom is -0.302 e. The number of thioether (sulfide) groups is 1. The fraction of sp³-hybridized carbons (Fsp3) is 0.417. The molecule has 0 bridgehead atoms. The maximum atomic E-state index is 13.7. The zero-order chi connectivity index (χ0) is 21.7. The Labute approximate surface area is 200 Å². The van der Waals surface area contributed by atoms with Gasteiger partial charge in [-0.2, -0.15) is 0 Å². The minimum atomic E-state index is 0. The van der Waals surface area contributed by atoms with Crippen LogP contribution in [0.4, 0.5) is 5.13 Å². The number of thiazole rings is 1. The van der Waals surface area contributed by atoms with Crippen LogP contribution in [0.3, 0.4) is 0 Å². The number of nitrogens with zero attached hydrogens (tertiary/aromatic N) is 3. The Morgan fingerprint density at radius 2 is 1.71 bits per heavy atom. The van der Waals surface area contributed by atoms with Gasteiger partial charge in [0.25, 0.3) is 5.91 Å². The molecule has 0 aliphatic carbocycles.